The lowest BCUT2D eigenvalue weighted by Gasteiger charge is -2.13. The number of aryl methyl sites for hydroxylation is 2. The summed E-state index contributed by atoms with van der Waals surface area (Å²) >= 11 is 0. The predicted molar refractivity (Wildman–Crippen MR) is 77.0 cm³/mol. The number of nitrogens with zero attached hydrogens (tertiary/aromatic N) is 1. The van der Waals surface area contributed by atoms with Crippen molar-refractivity contribution in [2.45, 2.75) is 40.2 Å². The summed E-state index contributed by atoms with van der Waals surface area (Å²) in [5.41, 5.74) is 2.51. The first-order chi connectivity index (χ1) is 9.54. The molecule has 20 heavy (non-hydrogen) atoms. The Kier molecular flexibility index (Phi) is 4.45. The minimum Gasteiger partial charge on any atom is -0.492 e. The minimum absolute atomic E-state index is 0.643. The highest BCUT2D eigenvalue weighted by atomic mass is 16.5. The van der Waals surface area contributed by atoms with E-state index in [1.54, 1.807) is 12.4 Å². The molecular weight excluding hydrogens is 254 g/mol. The van der Waals surface area contributed by atoms with Crippen LogP contribution >= 0.6 is 0 Å². The molecule has 0 saturated heterocycles. The number of rotatable bonds is 5. The average molecular weight is 275 g/mol. The first-order valence-electron chi connectivity index (χ1n) is 6.86. The van der Waals surface area contributed by atoms with Crippen molar-refractivity contribution in [3.8, 4) is 5.75 Å². The molecule has 0 fully saturated rings. The van der Waals surface area contributed by atoms with Crippen LogP contribution in [0.15, 0.2) is 22.9 Å². The lowest BCUT2D eigenvalue weighted by molar-refractivity contribution is 0.216. The Morgan fingerprint density at radius 3 is 2.60 bits per heavy atom. The van der Waals surface area contributed by atoms with Gasteiger partial charge in [-0.3, -0.25) is 4.98 Å². The van der Waals surface area contributed by atoms with Crippen molar-refractivity contribution >= 4 is 0 Å². The monoisotopic (exact) mass is 275 g/mol. The van der Waals surface area contributed by atoms with Gasteiger partial charge in [0.25, 0.3) is 0 Å². The van der Waals surface area contributed by atoms with Crippen LogP contribution in [-0.4, -0.2) is 16.7 Å². The van der Waals surface area contributed by atoms with Crippen molar-refractivity contribution < 1.29 is 14.3 Å². The predicted octanol–water partition coefficient (Wildman–Crippen LogP) is 3.47. The first-order valence-corrected chi connectivity index (χ1v) is 6.86. The summed E-state index contributed by atoms with van der Waals surface area (Å²) in [6.45, 7) is 8.41. The van der Waals surface area contributed by atoms with Crippen LogP contribution in [-0.2, 0) is 0 Å². The zero-order valence-corrected chi connectivity index (χ0v) is 12.4. The van der Waals surface area contributed by atoms with Crippen LogP contribution < -0.4 is 4.74 Å². The molecule has 1 atom stereocenters. The molecule has 2 aromatic heterocycles. The van der Waals surface area contributed by atoms with Gasteiger partial charge in [-0.1, -0.05) is 6.92 Å². The molecule has 0 aliphatic rings. The molecule has 0 radical (unpaired) electrons. The SMILES string of the molecule is CCCOc1cncc(C(O)c2c(C)oc(C)c2C)c1. The van der Waals surface area contributed by atoms with E-state index >= 15 is 0 Å². The van der Waals surface area contributed by atoms with Crippen LogP contribution in [0.1, 0.15) is 47.7 Å². The zero-order chi connectivity index (χ0) is 14.7. The van der Waals surface area contributed by atoms with Crippen molar-refractivity contribution in [1.29, 1.82) is 0 Å². The molecule has 108 valence electrons. The number of hydrogen-bond acceptors (Lipinski definition) is 4. The number of hydrogen-bond donors (Lipinski definition) is 1. The summed E-state index contributed by atoms with van der Waals surface area (Å²) in [6.07, 6.45) is 3.51. The zero-order valence-electron chi connectivity index (χ0n) is 12.4. The Labute approximate surface area is 119 Å². The van der Waals surface area contributed by atoms with Crippen LogP contribution in [0.3, 0.4) is 0 Å². The fourth-order valence-corrected chi connectivity index (χ4v) is 2.26. The van der Waals surface area contributed by atoms with Gasteiger partial charge in [-0.25, -0.2) is 0 Å². The number of aliphatic hydroxyl groups is 1. The van der Waals surface area contributed by atoms with E-state index in [1.165, 1.54) is 0 Å². The van der Waals surface area contributed by atoms with E-state index in [4.69, 9.17) is 9.15 Å². The van der Waals surface area contributed by atoms with Crippen molar-refractivity contribution in [2.24, 2.45) is 0 Å². The molecule has 4 nitrogen and oxygen atoms in total. The first kappa shape index (κ1) is 14.6. The maximum Gasteiger partial charge on any atom is 0.137 e. The van der Waals surface area contributed by atoms with Gasteiger partial charge in [0.1, 0.15) is 23.4 Å². The van der Waals surface area contributed by atoms with Crippen LogP contribution in [0.5, 0.6) is 5.75 Å². The molecule has 0 aromatic carbocycles. The third kappa shape index (κ3) is 2.85. The Morgan fingerprint density at radius 2 is 2.00 bits per heavy atom. The molecule has 2 aromatic rings. The Morgan fingerprint density at radius 1 is 1.25 bits per heavy atom. The standard InChI is InChI=1S/C16H21NO3/c1-5-6-19-14-7-13(8-17-9-14)16(18)15-10(2)11(3)20-12(15)4/h7-9,16,18H,5-6H2,1-4H3. The van der Waals surface area contributed by atoms with Crippen molar-refractivity contribution in [2.75, 3.05) is 6.61 Å². The van der Waals surface area contributed by atoms with Gasteiger partial charge in [-0.2, -0.15) is 0 Å². The van der Waals surface area contributed by atoms with Gasteiger partial charge in [0.2, 0.25) is 0 Å². The fraction of sp³-hybridized carbons (Fsp3) is 0.438. The van der Waals surface area contributed by atoms with Crippen LogP contribution in [0.25, 0.3) is 0 Å². The Bertz CT molecular complexity index is 589. The number of furan rings is 1. The summed E-state index contributed by atoms with van der Waals surface area (Å²) in [6, 6.07) is 1.83. The second-order valence-electron chi connectivity index (χ2n) is 4.96. The topological polar surface area (TPSA) is 55.5 Å². The second-order valence-corrected chi connectivity index (χ2v) is 4.96. The molecule has 0 aliphatic heterocycles. The third-order valence-corrected chi connectivity index (χ3v) is 3.41. The Hall–Kier alpha value is -1.81. The molecule has 2 heterocycles. The maximum absolute atomic E-state index is 10.6. The number of aromatic nitrogens is 1. The van der Waals surface area contributed by atoms with E-state index in [0.717, 1.165) is 29.1 Å². The quantitative estimate of drug-likeness (QED) is 0.907. The smallest absolute Gasteiger partial charge is 0.137 e. The number of ether oxygens (including phenoxy) is 1. The lowest BCUT2D eigenvalue weighted by atomic mass is 9.99. The Balaban J connectivity index is 2.30. The molecule has 0 spiro atoms. The van der Waals surface area contributed by atoms with Gasteiger partial charge < -0.3 is 14.3 Å². The highest BCUT2D eigenvalue weighted by molar-refractivity contribution is 5.39. The summed E-state index contributed by atoms with van der Waals surface area (Å²) in [7, 11) is 0. The summed E-state index contributed by atoms with van der Waals surface area (Å²) in [5.74, 6) is 2.26. The molecule has 1 unspecified atom stereocenters. The van der Waals surface area contributed by atoms with Gasteiger partial charge in [-0.05, 0) is 38.8 Å². The van der Waals surface area contributed by atoms with Crippen LogP contribution in [0.2, 0.25) is 0 Å². The molecule has 4 heteroatoms. The van der Waals surface area contributed by atoms with E-state index in [1.807, 2.05) is 33.8 Å². The summed E-state index contributed by atoms with van der Waals surface area (Å²) < 4.78 is 11.1. The van der Waals surface area contributed by atoms with Crippen LogP contribution in [0, 0.1) is 20.8 Å². The molecule has 0 aliphatic carbocycles. The number of aliphatic hydroxyl groups excluding tert-OH is 1. The normalized spacial score (nSPS) is 12.4. The average Bonchev–Trinajstić information content (AvgIpc) is 2.69. The van der Waals surface area contributed by atoms with E-state index in [2.05, 4.69) is 4.98 Å². The van der Waals surface area contributed by atoms with Gasteiger partial charge >= 0.3 is 0 Å². The van der Waals surface area contributed by atoms with Crippen molar-refractivity contribution in [3.05, 3.63) is 46.7 Å². The van der Waals surface area contributed by atoms with Gasteiger partial charge in [0.15, 0.2) is 0 Å². The van der Waals surface area contributed by atoms with Crippen molar-refractivity contribution in [1.82, 2.24) is 4.98 Å². The van der Waals surface area contributed by atoms with E-state index < -0.39 is 6.10 Å². The summed E-state index contributed by atoms with van der Waals surface area (Å²) in [5, 5.41) is 10.6. The fourth-order valence-electron chi connectivity index (χ4n) is 2.26. The maximum atomic E-state index is 10.6. The lowest BCUT2D eigenvalue weighted by Crippen LogP contribution is -2.04. The second kappa shape index (κ2) is 6.09. The molecule has 0 amide bonds. The molecular formula is C16H21NO3. The molecule has 0 saturated carbocycles. The summed E-state index contributed by atoms with van der Waals surface area (Å²) in [4.78, 5) is 4.13. The molecule has 2 rings (SSSR count). The van der Waals surface area contributed by atoms with Crippen LogP contribution in [0.4, 0.5) is 0 Å². The van der Waals surface area contributed by atoms with Gasteiger partial charge in [-0.15, -0.1) is 0 Å². The van der Waals surface area contributed by atoms with Gasteiger partial charge in [0.05, 0.1) is 12.8 Å². The van der Waals surface area contributed by atoms with Crippen molar-refractivity contribution in [3.63, 3.8) is 0 Å². The van der Waals surface area contributed by atoms with E-state index in [0.29, 0.717) is 17.9 Å². The van der Waals surface area contributed by atoms with Gasteiger partial charge in [0, 0.05) is 17.3 Å². The highest BCUT2D eigenvalue weighted by Gasteiger charge is 2.21. The molecule has 0 bridgehead atoms. The third-order valence-electron chi connectivity index (χ3n) is 3.41. The highest BCUT2D eigenvalue weighted by Crippen LogP contribution is 2.32. The molecule has 1 N–H and O–H groups in total. The largest absolute Gasteiger partial charge is 0.492 e. The van der Waals surface area contributed by atoms with E-state index in [-0.39, 0.29) is 0 Å². The minimum atomic E-state index is -0.745. The van der Waals surface area contributed by atoms with E-state index in [9.17, 15) is 5.11 Å². The number of pyridine rings is 1.